The Bertz CT molecular complexity index is 1190. The Hall–Kier alpha value is -3.95. The molecule has 0 bridgehead atoms. The van der Waals surface area contributed by atoms with E-state index < -0.39 is 16.6 Å². The standard InChI is InChI=1S/C20H18N4O6/c25-18(12-23-16-8-7-15(24(28)29)10-17(16)30-20(23)27)21-11-13-3-5-14(6-4-13)22-9-1-2-19(22)26/h3-8,10H,1-2,9,11-12H2,(H,21,25). The van der Waals surface area contributed by atoms with Crippen molar-refractivity contribution in [2.75, 3.05) is 11.4 Å². The van der Waals surface area contributed by atoms with Crippen molar-refractivity contribution in [3.63, 3.8) is 0 Å². The minimum Gasteiger partial charge on any atom is -0.407 e. The Balaban J connectivity index is 1.40. The van der Waals surface area contributed by atoms with Crippen molar-refractivity contribution in [1.29, 1.82) is 0 Å². The number of non-ortho nitro benzene ring substituents is 1. The molecule has 30 heavy (non-hydrogen) atoms. The topological polar surface area (TPSA) is 128 Å². The van der Waals surface area contributed by atoms with E-state index in [4.69, 9.17) is 4.42 Å². The van der Waals surface area contributed by atoms with Crippen LogP contribution in [0.5, 0.6) is 0 Å². The van der Waals surface area contributed by atoms with Crippen LogP contribution >= 0.6 is 0 Å². The molecule has 0 atom stereocenters. The van der Waals surface area contributed by atoms with Crippen molar-refractivity contribution < 1.29 is 18.9 Å². The minimum atomic E-state index is -0.764. The summed E-state index contributed by atoms with van der Waals surface area (Å²) in [6.07, 6.45) is 1.42. The molecular weight excluding hydrogens is 392 g/mol. The van der Waals surface area contributed by atoms with Crippen LogP contribution in [-0.2, 0) is 22.7 Å². The zero-order valence-electron chi connectivity index (χ0n) is 15.9. The summed E-state index contributed by atoms with van der Waals surface area (Å²) in [6.45, 7) is 0.693. The number of nitro benzene ring substituents is 1. The van der Waals surface area contributed by atoms with E-state index >= 15 is 0 Å². The number of nitrogens with one attached hydrogen (secondary N) is 1. The zero-order valence-corrected chi connectivity index (χ0v) is 15.9. The van der Waals surface area contributed by atoms with Crippen LogP contribution in [0.25, 0.3) is 11.1 Å². The van der Waals surface area contributed by atoms with Gasteiger partial charge < -0.3 is 14.6 Å². The molecule has 2 heterocycles. The minimum absolute atomic E-state index is 0.0500. The molecule has 3 aromatic rings. The van der Waals surface area contributed by atoms with Gasteiger partial charge in [-0.25, -0.2) is 4.79 Å². The first-order chi connectivity index (χ1) is 14.4. The number of nitrogens with zero attached hydrogens (tertiary/aromatic N) is 3. The third-order valence-electron chi connectivity index (χ3n) is 4.98. The maximum Gasteiger partial charge on any atom is 0.420 e. The molecule has 0 radical (unpaired) electrons. The average molecular weight is 410 g/mol. The monoisotopic (exact) mass is 410 g/mol. The molecule has 2 amide bonds. The largest absolute Gasteiger partial charge is 0.420 e. The maximum atomic E-state index is 12.3. The normalized spacial score (nSPS) is 13.7. The van der Waals surface area contributed by atoms with Gasteiger partial charge in [0.15, 0.2) is 5.58 Å². The average Bonchev–Trinajstić information content (AvgIpc) is 3.29. The van der Waals surface area contributed by atoms with Crippen molar-refractivity contribution >= 4 is 34.3 Å². The van der Waals surface area contributed by atoms with Gasteiger partial charge in [0.2, 0.25) is 11.8 Å². The summed E-state index contributed by atoms with van der Waals surface area (Å²) in [5.74, 6) is -1.06. The summed E-state index contributed by atoms with van der Waals surface area (Å²) in [7, 11) is 0. The van der Waals surface area contributed by atoms with Crippen LogP contribution in [0.4, 0.5) is 11.4 Å². The van der Waals surface area contributed by atoms with Gasteiger partial charge in [0, 0.05) is 31.3 Å². The second-order valence-electron chi connectivity index (χ2n) is 6.96. The fourth-order valence-corrected chi connectivity index (χ4v) is 3.43. The SMILES string of the molecule is O=C(Cn1c(=O)oc2cc([N+](=O)[O-])ccc21)NCc1ccc(N2CCCC2=O)cc1. The number of amides is 2. The molecule has 1 N–H and O–H groups in total. The zero-order chi connectivity index (χ0) is 21.3. The van der Waals surface area contributed by atoms with Crippen molar-refractivity contribution in [3.8, 4) is 0 Å². The predicted molar refractivity (Wildman–Crippen MR) is 107 cm³/mol. The lowest BCUT2D eigenvalue weighted by Crippen LogP contribution is -2.30. The molecule has 10 heteroatoms. The molecule has 154 valence electrons. The third kappa shape index (κ3) is 3.79. The van der Waals surface area contributed by atoms with Crippen LogP contribution in [0.3, 0.4) is 0 Å². The van der Waals surface area contributed by atoms with Crippen molar-refractivity contribution in [1.82, 2.24) is 9.88 Å². The lowest BCUT2D eigenvalue weighted by Gasteiger charge is -2.16. The van der Waals surface area contributed by atoms with Gasteiger partial charge in [0.25, 0.3) is 5.69 Å². The van der Waals surface area contributed by atoms with Gasteiger partial charge in [0.1, 0.15) is 6.54 Å². The van der Waals surface area contributed by atoms with Crippen LogP contribution in [0.15, 0.2) is 51.7 Å². The van der Waals surface area contributed by atoms with Gasteiger partial charge in [-0.05, 0) is 30.2 Å². The molecule has 2 aromatic carbocycles. The van der Waals surface area contributed by atoms with E-state index in [0.29, 0.717) is 18.5 Å². The Morgan fingerprint density at radius 2 is 1.93 bits per heavy atom. The van der Waals surface area contributed by atoms with E-state index in [1.807, 2.05) is 24.3 Å². The summed E-state index contributed by atoms with van der Waals surface area (Å²) < 4.78 is 6.14. The molecule has 1 aliphatic heterocycles. The van der Waals surface area contributed by atoms with E-state index in [0.717, 1.165) is 28.3 Å². The second kappa shape index (κ2) is 7.82. The summed E-state index contributed by atoms with van der Waals surface area (Å²) in [4.78, 5) is 48.1. The van der Waals surface area contributed by atoms with Gasteiger partial charge in [0.05, 0.1) is 16.5 Å². The first-order valence-electron chi connectivity index (χ1n) is 9.36. The fourth-order valence-electron chi connectivity index (χ4n) is 3.43. The number of rotatable bonds is 6. The number of aromatic nitrogens is 1. The number of carbonyl (C=O) groups is 2. The molecule has 1 aliphatic rings. The third-order valence-corrected chi connectivity index (χ3v) is 4.98. The highest BCUT2D eigenvalue weighted by atomic mass is 16.6. The number of benzene rings is 2. The molecule has 0 spiro atoms. The van der Waals surface area contributed by atoms with Crippen molar-refractivity contribution in [2.45, 2.75) is 25.9 Å². The second-order valence-corrected chi connectivity index (χ2v) is 6.96. The van der Waals surface area contributed by atoms with Crippen molar-refractivity contribution in [3.05, 3.63) is 68.7 Å². The number of anilines is 1. The molecule has 1 saturated heterocycles. The van der Waals surface area contributed by atoms with Gasteiger partial charge in [-0.1, -0.05) is 12.1 Å². The van der Waals surface area contributed by atoms with Crippen LogP contribution in [0, 0.1) is 10.1 Å². The van der Waals surface area contributed by atoms with Crippen LogP contribution in [0.2, 0.25) is 0 Å². The molecule has 4 rings (SSSR count). The summed E-state index contributed by atoms with van der Waals surface area (Å²) in [5, 5.41) is 13.6. The van der Waals surface area contributed by atoms with E-state index in [1.165, 1.54) is 12.1 Å². The number of oxazole rings is 1. The van der Waals surface area contributed by atoms with Gasteiger partial charge in [-0.15, -0.1) is 0 Å². The Labute approximate surface area is 169 Å². The predicted octanol–water partition coefficient (Wildman–Crippen LogP) is 1.95. The molecule has 0 unspecified atom stereocenters. The highest BCUT2D eigenvalue weighted by Crippen LogP contribution is 2.22. The molecule has 10 nitrogen and oxygen atoms in total. The van der Waals surface area contributed by atoms with Gasteiger partial charge in [-0.3, -0.25) is 24.3 Å². The highest BCUT2D eigenvalue weighted by molar-refractivity contribution is 5.95. The van der Waals surface area contributed by atoms with Gasteiger partial charge in [-0.2, -0.15) is 0 Å². The van der Waals surface area contributed by atoms with Crippen LogP contribution in [-0.4, -0.2) is 27.8 Å². The lowest BCUT2D eigenvalue weighted by atomic mass is 10.2. The van der Waals surface area contributed by atoms with Gasteiger partial charge >= 0.3 is 5.76 Å². The molecule has 1 aromatic heterocycles. The Morgan fingerprint density at radius 3 is 2.60 bits per heavy atom. The van der Waals surface area contributed by atoms with Crippen LogP contribution in [0.1, 0.15) is 18.4 Å². The molecule has 0 saturated carbocycles. The summed E-state index contributed by atoms with van der Waals surface area (Å²) >= 11 is 0. The maximum absolute atomic E-state index is 12.3. The van der Waals surface area contributed by atoms with E-state index in [2.05, 4.69) is 5.32 Å². The quantitative estimate of drug-likeness (QED) is 0.489. The number of nitro groups is 1. The Morgan fingerprint density at radius 1 is 1.17 bits per heavy atom. The molecule has 1 fully saturated rings. The first-order valence-corrected chi connectivity index (χ1v) is 9.36. The number of fused-ring (bicyclic) bond motifs is 1. The molecule has 0 aliphatic carbocycles. The highest BCUT2D eigenvalue weighted by Gasteiger charge is 2.21. The molecular formula is C20H18N4O6. The number of hydrogen-bond acceptors (Lipinski definition) is 6. The summed E-state index contributed by atoms with van der Waals surface area (Å²) in [5.41, 5.74) is 1.83. The smallest absolute Gasteiger partial charge is 0.407 e. The van der Waals surface area contributed by atoms with E-state index in [1.54, 1.807) is 4.90 Å². The number of hydrogen-bond donors (Lipinski definition) is 1. The fraction of sp³-hybridized carbons (Fsp3) is 0.250. The summed E-state index contributed by atoms with van der Waals surface area (Å²) in [6, 6.07) is 11.1. The Kier molecular flexibility index (Phi) is 5.05. The van der Waals surface area contributed by atoms with E-state index in [9.17, 15) is 24.5 Å². The van der Waals surface area contributed by atoms with Crippen molar-refractivity contribution in [2.24, 2.45) is 0 Å². The van der Waals surface area contributed by atoms with Crippen LogP contribution < -0.4 is 16.0 Å². The van der Waals surface area contributed by atoms with E-state index in [-0.39, 0.29) is 30.3 Å². The number of carbonyl (C=O) groups excluding carboxylic acids is 2. The lowest BCUT2D eigenvalue weighted by molar-refractivity contribution is -0.384. The first kappa shape index (κ1) is 19.4.